The summed E-state index contributed by atoms with van der Waals surface area (Å²) in [6, 6.07) is 10.1. The lowest BCUT2D eigenvalue weighted by Gasteiger charge is -2.29. The van der Waals surface area contributed by atoms with Gasteiger partial charge in [-0.3, -0.25) is 14.2 Å². The van der Waals surface area contributed by atoms with Crippen molar-refractivity contribution >= 4 is 73.7 Å². The average molecular weight is 975 g/mol. The van der Waals surface area contributed by atoms with Crippen molar-refractivity contribution < 1.29 is 27.1 Å². The first-order valence-corrected chi connectivity index (χ1v) is 24.5. The van der Waals surface area contributed by atoms with E-state index in [4.69, 9.17) is 16.6 Å². The average Bonchev–Trinajstić information content (AvgIpc) is 4.09. The van der Waals surface area contributed by atoms with Crippen LogP contribution >= 0.6 is 11.6 Å². The second kappa shape index (κ2) is 21.5. The van der Waals surface area contributed by atoms with Gasteiger partial charge in [0.15, 0.2) is 5.82 Å². The number of carbonyl (C=O) groups excluding carboxylic acids is 2. The number of halogens is 2. The molecule has 23 heteroatoms. The molecule has 1 saturated heterocycles. The molecule has 68 heavy (non-hydrogen) atoms. The van der Waals surface area contributed by atoms with Crippen LogP contribution in [-0.2, 0) is 14.8 Å². The maximum Gasteiger partial charge on any atom is 0.407 e. The van der Waals surface area contributed by atoms with E-state index in [-0.39, 0.29) is 45.9 Å². The molecule has 1 aliphatic heterocycles. The molecule has 6 heterocycles. The summed E-state index contributed by atoms with van der Waals surface area (Å²) in [5.41, 5.74) is 3.48. The Morgan fingerprint density at radius 1 is 0.985 bits per heavy atom. The Balaban J connectivity index is 0.000000202. The summed E-state index contributed by atoms with van der Waals surface area (Å²) >= 11 is 6.20. The van der Waals surface area contributed by atoms with Gasteiger partial charge in [0.25, 0.3) is 5.91 Å². The molecule has 0 radical (unpaired) electrons. The lowest BCUT2D eigenvalue weighted by Crippen LogP contribution is -2.43. The lowest BCUT2D eigenvalue weighted by atomic mass is 10.0. The maximum absolute atomic E-state index is 15.5. The van der Waals surface area contributed by atoms with Crippen molar-refractivity contribution in [1.29, 1.82) is 0 Å². The summed E-state index contributed by atoms with van der Waals surface area (Å²) in [7, 11) is 1.10. The summed E-state index contributed by atoms with van der Waals surface area (Å²) in [5.74, 6) is 0.637. The van der Waals surface area contributed by atoms with Crippen LogP contribution in [0.1, 0.15) is 69.0 Å². The Hall–Kier alpha value is -6.65. The molecule has 1 aromatic carbocycles. The van der Waals surface area contributed by atoms with E-state index in [1.54, 1.807) is 49.1 Å². The summed E-state index contributed by atoms with van der Waals surface area (Å²) in [6.45, 7) is 9.88. The number of hydrogen-bond donors (Lipinski definition) is 5. The van der Waals surface area contributed by atoms with Gasteiger partial charge in [-0.05, 0) is 70.0 Å². The van der Waals surface area contributed by atoms with Crippen LogP contribution < -0.4 is 30.9 Å². The van der Waals surface area contributed by atoms with Crippen molar-refractivity contribution in [2.75, 3.05) is 80.4 Å². The molecule has 0 unspecified atom stereocenters. The van der Waals surface area contributed by atoms with Crippen LogP contribution in [0.25, 0.3) is 33.5 Å². The molecule has 2 amide bonds. The van der Waals surface area contributed by atoms with Gasteiger partial charge in [-0.2, -0.15) is 10.1 Å². The number of ether oxygens (including phenoxy) is 1. The molecule has 2 fully saturated rings. The zero-order valence-electron chi connectivity index (χ0n) is 39.0. The Morgan fingerprint density at radius 2 is 1.74 bits per heavy atom. The monoisotopic (exact) mass is 973 g/mol. The van der Waals surface area contributed by atoms with Crippen LogP contribution in [0.4, 0.5) is 38.3 Å². The minimum absolute atomic E-state index is 0.00502. The molecule has 0 spiro atoms. The summed E-state index contributed by atoms with van der Waals surface area (Å²) < 4.78 is 49.4. The number of carbonyl (C=O) groups is 2. The van der Waals surface area contributed by atoms with E-state index in [2.05, 4.69) is 71.3 Å². The van der Waals surface area contributed by atoms with E-state index in [9.17, 15) is 18.0 Å². The first-order chi connectivity index (χ1) is 32.5. The number of rotatable bonds is 14. The highest BCUT2D eigenvalue weighted by Gasteiger charge is 2.27. The quantitative estimate of drug-likeness (QED) is 0.0764. The highest BCUT2D eigenvalue weighted by Crippen LogP contribution is 2.38. The van der Waals surface area contributed by atoms with Gasteiger partial charge in [0.05, 0.1) is 36.6 Å². The number of pyridine rings is 1. The number of amides is 2. The molecule has 6 aromatic rings. The molecular weight excluding hydrogens is 917 g/mol. The normalized spacial score (nSPS) is 14.6. The summed E-state index contributed by atoms with van der Waals surface area (Å²) in [4.78, 5) is 50.7. The molecular formula is C45H57ClFN15O5S. The SMILES string of the molecule is CN(C)C(=O)c1cc2cnc(Nc3ccc(N4CCNCC4)cn3)nc2n1C1CCCC1.COC(=O)N[C@@H](C)CNc1nccc(-c2cn(C(C)C)nc2-c2cc(Cl)cc(NS(C)(=O)=O)c2F)n1. The number of methoxy groups -OCH3 is 1. The molecule has 0 bridgehead atoms. The minimum Gasteiger partial charge on any atom is -0.453 e. The first kappa shape index (κ1) is 49.3. The number of hydrogen-bond acceptors (Lipinski definition) is 15. The first-order valence-electron chi connectivity index (χ1n) is 22.2. The van der Waals surface area contributed by atoms with E-state index in [0.717, 1.165) is 62.0 Å². The van der Waals surface area contributed by atoms with Crippen LogP contribution in [0.5, 0.6) is 0 Å². The van der Waals surface area contributed by atoms with Gasteiger partial charge < -0.3 is 40.4 Å². The largest absolute Gasteiger partial charge is 0.453 e. The second-order valence-electron chi connectivity index (χ2n) is 17.1. The Labute approximate surface area is 399 Å². The Morgan fingerprint density at radius 3 is 2.40 bits per heavy atom. The molecule has 1 atom stereocenters. The fraction of sp³-hybridized carbons (Fsp3) is 0.422. The van der Waals surface area contributed by atoms with Crippen molar-refractivity contribution in [3.8, 4) is 22.5 Å². The summed E-state index contributed by atoms with van der Waals surface area (Å²) in [6.07, 6.45) is 11.8. The number of nitrogens with one attached hydrogen (secondary N) is 5. The van der Waals surface area contributed by atoms with Crippen molar-refractivity contribution in [2.24, 2.45) is 0 Å². The van der Waals surface area contributed by atoms with Gasteiger partial charge in [-0.1, -0.05) is 24.4 Å². The number of aromatic nitrogens is 8. The molecule has 5 N–H and O–H groups in total. The number of fused-ring (bicyclic) bond motifs is 1. The van der Waals surface area contributed by atoms with Gasteiger partial charge in [0.1, 0.15) is 22.9 Å². The van der Waals surface area contributed by atoms with Crippen molar-refractivity contribution in [1.82, 2.24) is 54.8 Å². The molecule has 8 rings (SSSR count). The van der Waals surface area contributed by atoms with E-state index >= 15 is 4.39 Å². The number of nitrogens with zero attached hydrogens (tertiary/aromatic N) is 10. The topological polar surface area (TPSA) is 231 Å². The van der Waals surface area contributed by atoms with E-state index in [0.29, 0.717) is 41.3 Å². The van der Waals surface area contributed by atoms with Gasteiger partial charge in [-0.25, -0.2) is 37.5 Å². The lowest BCUT2D eigenvalue weighted by molar-refractivity contribution is 0.0815. The van der Waals surface area contributed by atoms with Gasteiger partial charge >= 0.3 is 6.09 Å². The fourth-order valence-corrected chi connectivity index (χ4v) is 8.67. The molecule has 20 nitrogen and oxygen atoms in total. The van der Waals surface area contributed by atoms with E-state index in [1.807, 2.05) is 32.2 Å². The maximum atomic E-state index is 15.5. The van der Waals surface area contributed by atoms with E-state index < -0.39 is 21.9 Å². The third-order valence-corrected chi connectivity index (χ3v) is 12.1. The smallest absolute Gasteiger partial charge is 0.407 e. The van der Waals surface area contributed by atoms with E-state index in [1.165, 1.54) is 38.3 Å². The fourth-order valence-electron chi connectivity index (χ4n) is 7.91. The number of piperazine rings is 1. The third kappa shape index (κ3) is 12.1. The Bertz CT molecular complexity index is 2850. The van der Waals surface area contributed by atoms with Crippen molar-refractivity contribution in [3.63, 3.8) is 0 Å². The number of benzene rings is 1. The molecule has 1 saturated carbocycles. The van der Waals surface area contributed by atoms with Crippen LogP contribution in [0, 0.1) is 5.82 Å². The molecule has 362 valence electrons. The zero-order chi connectivity index (χ0) is 48.7. The number of sulfonamides is 1. The molecule has 5 aromatic heterocycles. The van der Waals surface area contributed by atoms with Gasteiger partial charge in [-0.15, -0.1) is 0 Å². The van der Waals surface area contributed by atoms with Crippen molar-refractivity contribution in [2.45, 2.75) is 64.6 Å². The standard InChI is InChI=1S/C23H30N8O.C22H27ClFN7O4S/c1-29(2)22(32)19-13-16-14-26-23(28-21(16)31(19)17-5-3-4-6-17)27-20-8-7-18(15-25-20)30-11-9-24-10-12-30;1-12(2)31-11-16(17-6-7-25-21(28-17)26-10-13(3)27-22(32)35-4)20(29-31)15-8-14(23)9-18(19(15)24)30-36(5,33)34/h7-8,13-15,17,24H,3-6,9-12H2,1-2H3,(H,25,26,27,28);6-9,11-13,30H,10H2,1-5H3,(H,27,32)(H,25,26,28)/t;13-/m.0/s1. The van der Waals surface area contributed by atoms with Crippen LogP contribution in [0.3, 0.4) is 0 Å². The number of alkyl carbamates (subject to hydrolysis) is 1. The Kier molecular flexibility index (Phi) is 15.6. The minimum atomic E-state index is -3.75. The highest BCUT2D eigenvalue weighted by molar-refractivity contribution is 7.92. The van der Waals surface area contributed by atoms with Crippen LogP contribution in [0.2, 0.25) is 5.02 Å². The predicted octanol–water partition coefficient (Wildman–Crippen LogP) is 6.70. The van der Waals surface area contributed by atoms with Gasteiger partial charge in [0, 0.05) is 105 Å². The summed E-state index contributed by atoms with van der Waals surface area (Å²) in [5, 5.41) is 17.8. The van der Waals surface area contributed by atoms with Crippen LogP contribution in [-0.4, -0.2) is 131 Å². The second-order valence-corrected chi connectivity index (χ2v) is 19.3. The predicted molar refractivity (Wildman–Crippen MR) is 262 cm³/mol. The van der Waals surface area contributed by atoms with Crippen molar-refractivity contribution in [3.05, 3.63) is 77.7 Å². The number of anilines is 5. The molecule has 1 aliphatic carbocycles. The van der Waals surface area contributed by atoms with Gasteiger partial charge in [0.2, 0.25) is 21.9 Å². The zero-order valence-corrected chi connectivity index (χ0v) is 40.6. The third-order valence-electron chi connectivity index (χ3n) is 11.3. The highest BCUT2D eigenvalue weighted by atomic mass is 35.5. The molecule has 2 aliphatic rings. The van der Waals surface area contributed by atoms with Crippen LogP contribution in [0.15, 0.2) is 61.2 Å².